The molecule has 7 heteroatoms. The van der Waals surface area contributed by atoms with Crippen LogP contribution in [0.25, 0.3) is 0 Å². The van der Waals surface area contributed by atoms with E-state index in [1.807, 2.05) is 6.07 Å². The number of nitrogens with zero attached hydrogens (tertiary/aromatic N) is 1. The van der Waals surface area contributed by atoms with Gasteiger partial charge in [0.05, 0.1) is 29.2 Å². The molecule has 0 unspecified atom stereocenters. The van der Waals surface area contributed by atoms with Crippen molar-refractivity contribution >= 4 is 21.6 Å². The maximum Gasteiger partial charge on any atom is 0.283 e. The van der Waals surface area contributed by atoms with E-state index in [1.54, 1.807) is 19.2 Å². The third kappa shape index (κ3) is 6.11. The molecule has 0 aromatic heterocycles. The van der Waals surface area contributed by atoms with E-state index in [2.05, 4.69) is 21.2 Å². The van der Waals surface area contributed by atoms with Crippen molar-refractivity contribution < 1.29 is 14.4 Å². The van der Waals surface area contributed by atoms with Crippen LogP contribution in [0.1, 0.15) is 5.56 Å². The van der Waals surface area contributed by atoms with Crippen LogP contribution < -0.4 is 5.32 Å². The average molecular weight is 333 g/mol. The van der Waals surface area contributed by atoms with E-state index in [0.29, 0.717) is 37.4 Å². The number of nitrogens with one attached hydrogen (secondary N) is 1. The molecule has 6 nitrogen and oxygen atoms in total. The second-order valence-electron chi connectivity index (χ2n) is 3.82. The first-order chi connectivity index (χ1) is 9.15. The SMILES string of the molecule is COCCOCCNCc1ccc(Br)c([N+](=O)[O-])c1. The molecule has 0 radical (unpaired) electrons. The van der Waals surface area contributed by atoms with Crippen LogP contribution in [0.5, 0.6) is 0 Å². The summed E-state index contributed by atoms with van der Waals surface area (Å²) in [6.07, 6.45) is 0. The van der Waals surface area contributed by atoms with Crippen LogP contribution in [-0.4, -0.2) is 38.4 Å². The summed E-state index contributed by atoms with van der Waals surface area (Å²) in [6.45, 7) is 3.00. The van der Waals surface area contributed by atoms with Crippen molar-refractivity contribution in [3.8, 4) is 0 Å². The van der Waals surface area contributed by atoms with Crippen molar-refractivity contribution in [2.45, 2.75) is 6.54 Å². The molecule has 0 aliphatic rings. The lowest BCUT2D eigenvalue weighted by atomic mass is 10.2. The topological polar surface area (TPSA) is 73.6 Å². The number of hydrogen-bond acceptors (Lipinski definition) is 5. The fraction of sp³-hybridized carbons (Fsp3) is 0.500. The van der Waals surface area contributed by atoms with Gasteiger partial charge in [-0.25, -0.2) is 0 Å². The van der Waals surface area contributed by atoms with Crippen molar-refractivity contribution in [3.63, 3.8) is 0 Å². The van der Waals surface area contributed by atoms with E-state index in [1.165, 1.54) is 0 Å². The molecule has 0 spiro atoms. The highest BCUT2D eigenvalue weighted by molar-refractivity contribution is 9.10. The van der Waals surface area contributed by atoms with E-state index in [9.17, 15) is 10.1 Å². The summed E-state index contributed by atoms with van der Waals surface area (Å²) in [5.74, 6) is 0. The molecule has 106 valence electrons. The largest absolute Gasteiger partial charge is 0.382 e. The fourth-order valence-corrected chi connectivity index (χ4v) is 1.82. The van der Waals surface area contributed by atoms with E-state index in [4.69, 9.17) is 9.47 Å². The Labute approximate surface area is 120 Å². The summed E-state index contributed by atoms with van der Waals surface area (Å²) in [5, 5.41) is 13.9. The van der Waals surface area contributed by atoms with Gasteiger partial charge < -0.3 is 14.8 Å². The number of methoxy groups -OCH3 is 1. The fourth-order valence-electron chi connectivity index (χ4n) is 1.43. The third-order valence-corrected chi connectivity index (χ3v) is 3.06. The summed E-state index contributed by atoms with van der Waals surface area (Å²) < 4.78 is 10.6. The second-order valence-corrected chi connectivity index (χ2v) is 4.68. The monoisotopic (exact) mass is 332 g/mol. The molecule has 1 N–H and O–H groups in total. The molecule has 0 atom stereocenters. The first-order valence-electron chi connectivity index (χ1n) is 5.85. The van der Waals surface area contributed by atoms with Gasteiger partial charge in [0.1, 0.15) is 0 Å². The van der Waals surface area contributed by atoms with E-state index < -0.39 is 4.92 Å². The molecule has 0 saturated carbocycles. The highest BCUT2D eigenvalue weighted by Crippen LogP contribution is 2.25. The predicted molar refractivity (Wildman–Crippen MR) is 75.2 cm³/mol. The zero-order valence-electron chi connectivity index (χ0n) is 10.7. The van der Waals surface area contributed by atoms with Crippen LogP contribution in [0.4, 0.5) is 5.69 Å². The molecule has 0 bridgehead atoms. The van der Waals surface area contributed by atoms with Gasteiger partial charge in [-0.2, -0.15) is 0 Å². The minimum Gasteiger partial charge on any atom is -0.382 e. The van der Waals surface area contributed by atoms with Gasteiger partial charge in [0.2, 0.25) is 0 Å². The Morgan fingerprint density at radius 3 is 2.84 bits per heavy atom. The molecule has 19 heavy (non-hydrogen) atoms. The number of ether oxygens (including phenoxy) is 2. The van der Waals surface area contributed by atoms with Crippen LogP contribution >= 0.6 is 15.9 Å². The average Bonchev–Trinajstić information content (AvgIpc) is 2.39. The van der Waals surface area contributed by atoms with Gasteiger partial charge >= 0.3 is 0 Å². The molecule has 0 saturated heterocycles. The normalized spacial score (nSPS) is 10.6. The number of halogens is 1. The Morgan fingerprint density at radius 2 is 2.16 bits per heavy atom. The number of nitro groups is 1. The van der Waals surface area contributed by atoms with Crippen LogP contribution in [0, 0.1) is 10.1 Å². The highest BCUT2D eigenvalue weighted by Gasteiger charge is 2.11. The summed E-state index contributed by atoms with van der Waals surface area (Å²) in [7, 11) is 1.63. The van der Waals surface area contributed by atoms with Gasteiger partial charge in [-0.15, -0.1) is 0 Å². The minimum atomic E-state index is -0.401. The Hall–Kier alpha value is -1.02. The lowest BCUT2D eigenvalue weighted by Gasteiger charge is -2.06. The molecule has 0 aliphatic carbocycles. The van der Waals surface area contributed by atoms with Crippen molar-refractivity contribution in [1.82, 2.24) is 5.32 Å². The second kappa shape index (κ2) is 8.98. The van der Waals surface area contributed by atoms with Gasteiger partial charge in [0.25, 0.3) is 5.69 Å². The van der Waals surface area contributed by atoms with E-state index in [0.717, 1.165) is 5.56 Å². The molecule has 1 rings (SSSR count). The zero-order valence-corrected chi connectivity index (χ0v) is 12.3. The zero-order chi connectivity index (χ0) is 14.1. The first-order valence-corrected chi connectivity index (χ1v) is 6.64. The van der Waals surface area contributed by atoms with Crippen LogP contribution in [0.2, 0.25) is 0 Å². The highest BCUT2D eigenvalue weighted by atomic mass is 79.9. The Morgan fingerprint density at radius 1 is 1.37 bits per heavy atom. The summed E-state index contributed by atoms with van der Waals surface area (Å²) in [6, 6.07) is 5.09. The first kappa shape index (κ1) is 16.0. The minimum absolute atomic E-state index is 0.0793. The van der Waals surface area contributed by atoms with Crippen molar-refractivity contribution in [1.29, 1.82) is 0 Å². The number of hydrogen-bond donors (Lipinski definition) is 1. The number of nitro benzene ring substituents is 1. The van der Waals surface area contributed by atoms with Gasteiger partial charge in [-0.1, -0.05) is 6.07 Å². The summed E-state index contributed by atoms with van der Waals surface area (Å²) >= 11 is 3.15. The Balaban J connectivity index is 2.30. The quantitative estimate of drug-likeness (QED) is 0.426. The molecule has 0 aliphatic heterocycles. The van der Waals surface area contributed by atoms with Crippen LogP contribution in [0.3, 0.4) is 0 Å². The van der Waals surface area contributed by atoms with Gasteiger partial charge in [-0.3, -0.25) is 10.1 Å². The summed E-state index contributed by atoms with van der Waals surface area (Å²) in [4.78, 5) is 10.4. The number of rotatable bonds is 9. The molecular formula is C12H17BrN2O4. The smallest absolute Gasteiger partial charge is 0.283 e. The standard InChI is InChI=1S/C12H17BrN2O4/c1-18-6-7-19-5-4-14-9-10-2-3-11(13)12(8-10)15(16)17/h2-3,8,14H,4-7,9H2,1H3. The van der Waals surface area contributed by atoms with Crippen molar-refractivity contribution in [2.75, 3.05) is 33.5 Å². The van der Waals surface area contributed by atoms with Gasteiger partial charge in [0, 0.05) is 26.3 Å². The van der Waals surface area contributed by atoms with E-state index in [-0.39, 0.29) is 5.69 Å². The maximum absolute atomic E-state index is 10.8. The van der Waals surface area contributed by atoms with Crippen molar-refractivity contribution in [2.24, 2.45) is 0 Å². The predicted octanol–water partition coefficient (Wildman–Crippen LogP) is 2.11. The molecular weight excluding hydrogens is 316 g/mol. The molecule has 0 amide bonds. The molecule has 0 fully saturated rings. The summed E-state index contributed by atoms with van der Waals surface area (Å²) in [5.41, 5.74) is 0.947. The third-order valence-electron chi connectivity index (χ3n) is 2.39. The lowest BCUT2D eigenvalue weighted by molar-refractivity contribution is -0.385. The Kier molecular flexibility index (Phi) is 7.57. The van der Waals surface area contributed by atoms with Crippen LogP contribution in [-0.2, 0) is 16.0 Å². The maximum atomic E-state index is 10.8. The van der Waals surface area contributed by atoms with Gasteiger partial charge in [0.15, 0.2) is 0 Å². The van der Waals surface area contributed by atoms with Gasteiger partial charge in [-0.05, 0) is 27.6 Å². The molecule has 1 aromatic rings. The molecule has 1 aromatic carbocycles. The van der Waals surface area contributed by atoms with Crippen molar-refractivity contribution in [3.05, 3.63) is 38.3 Å². The number of benzene rings is 1. The Bertz CT molecular complexity index is 415. The van der Waals surface area contributed by atoms with E-state index >= 15 is 0 Å². The molecule has 0 heterocycles. The lowest BCUT2D eigenvalue weighted by Crippen LogP contribution is -2.20. The van der Waals surface area contributed by atoms with Crippen LogP contribution in [0.15, 0.2) is 22.7 Å².